The second kappa shape index (κ2) is 5.73. The SMILES string of the molecule is CCCOCCOP1(=O)OCCO1. The Morgan fingerprint density at radius 1 is 1.23 bits per heavy atom. The van der Waals surface area contributed by atoms with Gasteiger partial charge in [-0.15, -0.1) is 0 Å². The van der Waals surface area contributed by atoms with E-state index in [9.17, 15) is 4.57 Å². The molecule has 0 aromatic rings. The van der Waals surface area contributed by atoms with Gasteiger partial charge in [0.15, 0.2) is 0 Å². The third-order valence-electron chi connectivity index (χ3n) is 1.41. The Hall–Kier alpha value is 0.0700. The van der Waals surface area contributed by atoms with Crippen LogP contribution in [0.25, 0.3) is 0 Å². The van der Waals surface area contributed by atoms with Crippen molar-refractivity contribution in [2.24, 2.45) is 0 Å². The molecule has 5 nitrogen and oxygen atoms in total. The van der Waals surface area contributed by atoms with Gasteiger partial charge in [-0.05, 0) is 6.42 Å². The molecule has 78 valence electrons. The number of hydrogen-bond acceptors (Lipinski definition) is 5. The van der Waals surface area contributed by atoms with Gasteiger partial charge in [0, 0.05) is 6.61 Å². The van der Waals surface area contributed by atoms with Gasteiger partial charge in [-0.3, -0.25) is 13.6 Å². The summed E-state index contributed by atoms with van der Waals surface area (Å²) in [5.41, 5.74) is 0. The molecule has 0 aromatic carbocycles. The molecule has 13 heavy (non-hydrogen) atoms. The lowest BCUT2D eigenvalue weighted by molar-refractivity contribution is 0.0852. The first kappa shape index (κ1) is 11.1. The van der Waals surface area contributed by atoms with E-state index in [-0.39, 0.29) is 6.61 Å². The summed E-state index contributed by atoms with van der Waals surface area (Å²) in [6.45, 7) is 4.06. The molecule has 0 atom stereocenters. The van der Waals surface area contributed by atoms with Crippen LogP contribution in [0.1, 0.15) is 13.3 Å². The number of hydrogen-bond donors (Lipinski definition) is 0. The van der Waals surface area contributed by atoms with Crippen LogP contribution in [0.5, 0.6) is 0 Å². The van der Waals surface area contributed by atoms with Gasteiger partial charge in [0.1, 0.15) is 0 Å². The molecular formula is C7H15O5P. The Labute approximate surface area is 77.9 Å². The lowest BCUT2D eigenvalue weighted by atomic mass is 10.5. The molecule has 6 heteroatoms. The predicted molar refractivity (Wildman–Crippen MR) is 46.6 cm³/mol. The number of phosphoric acid groups is 1. The van der Waals surface area contributed by atoms with Crippen LogP contribution in [0.3, 0.4) is 0 Å². The first-order chi connectivity index (χ1) is 6.27. The zero-order valence-corrected chi connectivity index (χ0v) is 8.63. The van der Waals surface area contributed by atoms with E-state index in [0.29, 0.717) is 26.4 Å². The molecule has 1 aliphatic heterocycles. The molecule has 1 heterocycles. The van der Waals surface area contributed by atoms with Crippen LogP contribution in [0, 0.1) is 0 Å². The third-order valence-corrected chi connectivity index (χ3v) is 2.90. The van der Waals surface area contributed by atoms with Gasteiger partial charge in [-0.2, -0.15) is 0 Å². The van der Waals surface area contributed by atoms with Crippen LogP contribution in [-0.2, 0) is 22.9 Å². The molecule has 0 N–H and O–H groups in total. The van der Waals surface area contributed by atoms with Gasteiger partial charge in [0.05, 0.1) is 26.4 Å². The maximum absolute atomic E-state index is 11.3. The maximum Gasteiger partial charge on any atom is 0.475 e. The molecule has 0 unspecified atom stereocenters. The molecule has 0 amide bonds. The first-order valence-corrected chi connectivity index (χ1v) is 5.84. The standard InChI is InChI=1S/C7H15O5P/c1-2-3-9-4-5-10-13(8)11-6-7-12-13/h2-7H2,1H3. The number of ether oxygens (including phenoxy) is 1. The van der Waals surface area contributed by atoms with Crippen molar-refractivity contribution in [2.45, 2.75) is 13.3 Å². The number of rotatable bonds is 6. The van der Waals surface area contributed by atoms with Crippen LogP contribution in [0.2, 0.25) is 0 Å². The first-order valence-electron chi connectivity index (χ1n) is 4.38. The number of phosphoric ester groups is 1. The summed E-state index contributed by atoms with van der Waals surface area (Å²) >= 11 is 0. The third kappa shape index (κ3) is 4.20. The predicted octanol–water partition coefficient (Wildman–Crippen LogP) is 1.58. The topological polar surface area (TPSA) is 54.0 Å². The molecule has 0 aromatic heterocycles. The average Bonchev–Trinajstić information content (AvgIpc) is 2.53. The molecular weight excluding hydrogens is 195 g/mol. The highest BCUT2D eigenvalue weighted by Crippen LogP contribution is 2.52. The van der Waals surface area contributed by atoms with Crippen LogP contribution in [-0.4, -0.2) is 33.0 Å². The lowest BCUT2D eigenvalue weighted by Gasteiger charge is -2.09. The Morgan fingerprint density at radius 3 is 2.54 bits per heavy atom. The molecule has 0 spiro atoms. The molecule has 0 aliphatic carbocycles. The lowest BCUT2D eigenvalue weighted by Crippen LogP contribution is -2.03. The van der Waals surface area contributed by atoms with Gasteiger partial charge >= 0.3 is 7.82 Å². The molecule has 0 radical (unpaired) electrons. The average molecular weight is 210 g/mol. The van der Waals surface area contributed by atoms with E-state index in [1.54, 1.807) is 0 Å². The summed E-state index contributed by atoms with van der Waals surface area (Å²) in [5.74, 6) is 0. The summed E-state index contributed by atoms with van der Waals surface area (Å²) in [5, 5.41) is 0. The minimum absolute atomic E-state index is 0.247. The molecule has 0 bridgehead atoms. The minimum Gasteiger partial charge on any atom is -0.379 e. The van der Waals surface area contributed by atoms with E-state index in [1.165, 1.54) is 0 Å². The van der Waals surface area contributed by atoms with Crippen molar-refractivity contribution in [1.82, 2.24) is 0 Å². The van der Waals surface area contributed by atoms with E-state index in [2.05, 4.69) is 0 Å². The molecule has 1 aliphatic rings. The second-order valence-electron chi connectivity index (χ2n) is 2.56. The minimum atomic E-state index is -3.20. The van der Waals surface area contributed by atoms with E-state index >= 15 is 0 Å². The smallest absolute Gasteiger partial charge is 0.379 e. The van der Waals surface area contributed by atoms with Crippen molar-refractivity contribution < 1.29 is 22.9 Å². The zero-order chi connectivity index (χ0) is 9.57. The van der Waals surface area contributed by atoms with Crippen LogP contribution < -0.4 is 0 Å². The normalized spacial score (nSPS) is 20.7. The summed E-state index contributed by atoms with van der Waals surface area (Å²) in [4.78, 5) is 0. The highest BCUT2D eigenvalue weighted by molar-refractivity contribution is 7.48. The summed E-state index contributed by atoms with van der Waals surface area (Å²) in [6.07, 6.45) is 0.963. The van der Waals surface area contributed by atoms with Gasteiger partial charge < -0.3 is 4.74 Å². The quantitative estimate of drug-likeness (QED) is 0.492. The highest BCUT2D eigenvalue weighted by Gasteiger charge is 2.31. The fourth-order valence-corrected chi connectivity index (χ4v) is 1.98. The van der Waals surface area contributed by atoms with E-state index in [0.717, 1.165) is 6.42 Å². The monoisotopic (exact) mass is 210 g/mol. The Kier molecular flexibility index (Phi) is 4.91. The maximum atomic E-state index is 11.3. The fourth-order valence-electron chi connectivity index (χ4n) is 0.864. The van der Waals surface area contributed by atoms with Gasteiger partial charge in [0.25, 0.3) is 0 Å². The fraction of sp³-hybridized carbons (Fsp3) is 1.00. The van der Waals surface area contributed by atoms with Gasteiger partial charge in [0.2, 0.25) is 0 Å². The van der Waals surface area contributed by atoms with Crippen LogP contribution in [0.4, 0.5) is 0 Å². The van der Waals surface area contributed by atoms with Crippen molar-refractivity contribution in [3.05, 3.63) is 0 Å². The van der Waals surface area contributed by atoms with Crippen molar-refractivity contribution in [3.8, 4) is 0 Å². The molecule has 0 saturated carbocycles. The van der Waals surface area contributed by atoms with Gasteiger partial charge in [-0.25, -0.2) is 4.57 Å². The van der Waals surface area contributed by atoms with Crippen molar-refractivity contribution >= 4 is 7.82 Å². The Balaban J connectivity index is 2.01. The Morgan fingerprint density at radius 2 is 1.92 bits per heavy atom. The largest absolute Gasteiger partial charge is 0.475 e. The summed E-state index contributed by atoms with van der Waals surface area (Å²) < 4.78 is 31.0. The Bertz CT molecular complexity index is 174. The van der Waals surface area contributed by atoms with Crippen molar-refractivity contribution in [3.63, 3.8) is 0 Å². The van der Waals surface area contributed by atoms with Crippen LogP contribution >= 0.6 is 7.82 Å². The second-order valence-corrected chi connectivity index (χ2v) is 4.23. The van der Waals surface area contributed by atoms with E-state index < -0.39 is 7.82 Å². The zero-order valence-electron chi connectivity index (χ0n) is 7.73. The molecule has 1 saturated heterocycles. The van der Waals surface area contributed by atoms with Crippen molar-refractivity contribution in [2.75, 3.05) is 33.0 Å². The van der Waals surface area contributed by atoms with Crippen LogP contribution in [0.15, 0.2) is 0 Å². The van der Waals surface area contributed by atoms with Gasteiger partial charge in [-0.1, -0.05) is 6.92 Å². The molecule has 1 fully saturated rings. The summed E-state index contributed by atoms with van der Waals surface area (Å²) in [7, 11) is -3.20. The highest BCUT2D eigenvalue weighted by atomic mass is 31.2. The molecule has 1 rings (SSSR count). The van der Waals surface area contributed by atoms with Crippen molar-refractivity contribution in [1.29, 1.82) is 0 Å². The van der Waals surface area contributed by atoms with E-state index in [4.69, 9.17) is 18.3 Å². The van der Waals surface area contributed by atoms with E-state index in [1.807, 2.05) is 6.92 Å². The summed E-state index contributed by atoms with van der Waals surface area (Å²) in [6, 6.07) is 0.